The van der Waals surface area contributed by atoms with E-state index in [4.69, 9.17) is 4.74 Å². The van der Waals surface area contributed by atoms with Crippen molar-refractivity contribution >= 4 is 39.3 Å². The summed E-state index contributed by atoms with van der Waals surface area (Å²) >= 11 is 1.50. The Bertz CT molecular complexity index is 1410. The molecular formula is C31H39N3O5S2. The molecule has 0 aromatic heterocycles. The number of sulfonamides is 1. The van der Waals surface area contributed by atoms with Crippen molar-refractivity contribution in [3.05, 3.63) is 83.9 Å². The first-order chi connectivity index (χ1) is 19.5. The van der Waals surface area contributed by atoms with Crippen LogP contribution >= 0.6 is 11.8 Å². The molecule has 220 valence electrons. The number of nitrogens with zero attached hydrogens (tertiary/aromatic N) is 2. The van der Waals surface area contributed by atoms with Gasteiger partial charge in [-0.3, -0.25) is 13.9 Å². The molecule has 0 aliphatic carbocycles. The van der Waals surface area contributed by atoms with Crippen LogP contribution in [0.1, 0.15) is 38.8 Å². The van der Waals surface area contributed by atoms with E-state index >= 15 is 0 Å². The van der Waals surface area contributed by atoms with E-state index in [1.165, 1.54) is 28.8 Å². The Labute approximate surface area is 248 Å². The van der Waals surface area contributed by atoms with Crippen molar-refractivity contribution in [2.75, 3.05) is 23.7 Å². The molecule has 2 amide bonds. The van der Waals surface area contributed by atoms with E-state index in [9.17, 15) is 18.0 Å². The van der Waals surface area contributed by atoms with Crippen molar-refractivity contribution in [1.82, 2.24) is 10.2 Å². The largest absolute Gasteiger partial charge is 0.494 e. The number of benzene rings is 3. The third-order valence-electron chi connectivity index (χ3n) is 6.43. The van der Waals surface area contributed by atoms with E-state index in [2.05, 4.69) is 5.32 Å². The molecule has 0 spiro atoms. The zero-order valence-electron chi connectivity index (χ0n) is 24.5. The molecule has 8 nitrogen and oxygen atoms in total. The lowest BCUT2D eigenvalue weighted by Crippen LogP contribution is -2.52. The molecule has 0 heterocycles. The molecule has 0 aliphatic rings. The smallest absolute Gasteiger partial charge is 0.264 e. The Morgan fingerprint density at radius 1 is 0.927 bits per heavy atom. The minimum Gasteiger partial charge on any atom is -0.494 e. The number of carbonyl (C=O) groups is 2. The maximum Gasteiger partial charge on any atom is 0.264 e. The van der Waals surface area contributed by atoms with E-state index in [1.54, 1.807) is 43.3 Å². The lowest BCUT2D eigenvalue weighted by atomic mass is 10.1. The summed E-state index contributed by atoms with van der Waals surface area (Å²) in [5.74, 6) is -0.233. The number of thioether (sulfide) groups is 1. The summed E-state index contributed by atoms with van der Waals surface area (Å²) in [6.45, 7) is 9.29. The first-order valence-electron chi connectivity index (χ1n) is 13.5. The topological polar surface area (TPSA) is 96.0 Å². The molecule has 0 bridgehead atoms. The van der Waals surface area contributed by atoms with Crippen LogP contribution in [-0.4, -0.2) is 56.6 Å². The number of rotatable bonds is 13. The molecule has 1 N–H and O–H groups in total. The van der Waals surface area contributed by atoms with E-state index in [1.807, 2.05) is 58.2 Å². The fourth-order valence-corrected chi connectivity index (χ4v) is 5.98. The number of amides is 2. The standard InChI is InChI=1S/C31H39N3O5S2/c1-7-39-27-14-12-26(13-15-27)34(41(37,38)29-18-16-28(40-6)17-19-29)21-30(35)33(24(5)31(36)32-22(2)3)20-25-10-8-23(4)9-11-25/h8-19,22,24H,7,20-21H2,1-6H3,(H,32,36)/t24-/m1/s1. The molecule has 10 heteroatoms. The second-order valence-electron chi connectivity index (χ2n) is 9.96. The number of hydrogen-bond donors (Lipinski definition) is 1. The van der Waals surface area contributed by atoms with Gasteiger partial charge in [0.1, 0.15) is 18.3 Å². The number of carbonyl (C=O) groups excluding carboxylic acids is 2. The summed E-state index contributed by atoms with van der Waals surface area (Å²) in [7, 11) is -4.14. The zero-order valence-corrected chi connectivity index (χ0v) is 26.1. The highest BCUT2D eigenvalue weighted by molar-refractivity contribution is 7.98. The third-order valence-corrected chi connectivity index (χ3v) is 8.97. The molecule has 3 rings (SSSR count). The molecule has 3 aromatic rings. The van der Waals surface area contributed by atoms with Crippen LogP contribution < -0.4 is 14.4 Å². The summed E-state index contributed by atoms with van der Waals surface area (Å²) in [5, 5.41) is 2.86. The predicted molar refractivity (Wildman–Crippen MR) is 165 cm³/mol. The summed E-state index contributed by atoms with van der Waals surface area (Å²) < 4.78 is 34.6. The Hall–Kier alpha value is -3.50. The first kappa shape index (κ1) is 32.0. The van der Waals surface area contributed by atoms with Crippen LogP contribution in [0.15, 0.2) is 82.6 Å². The molecular weight excluding hydrogens is 558 g/mol. The summed E-state index contributed by atoms with van der Waals surface area (Å²) in [6, 6.07) is 19.8. The molecule has 1 atom stereocenters. The fourth-order valence-electron chi connectivity index (χ4n) is 4.16. The second kappa shape index (κ2) is 14.4. The van der Waals surface area contributed by atoms with Gasteiger partial charge < -0.3 is 15.0 Å². The summed E-state index contributed by atoms with van der Waals surface area (Å²) in [5.41, 5.74) is 2.21. The number of nitrogens with one attached hydrogen (secondary N) is 1. The third kappa shape index (κ3) is 8.50. The molecule has 0 aliphatic heterocycles. The first-order valence-corrected chi connectivity index (χ1v) is 16.2. The monoisotopic (exact) mass is 597 g/mol. The van der Waals surface area contributed by atoms with E-state index in [0.29, 0.717) is 18.0 Å². The van der Waals surface area contributed by atoms with E-state index < -0.39 is 28.5 Å². The number of hydrogen-bond acceptors (Lipinski definition) is 6. The molecule has 41 heavy (non-hydrogen) atoms. The van der Waals surface area contributed by atoms with Gasteiger partial charge in [0, 0.05) is 17.5 Å². The highest BCUT2D eigenvalue weighted by atomic mass is 32.2. The number of ether oxygens (including phenoxy) is 1. The van der Waals surface area contributed by atoms with Crippen molar-refractivity contribution in [3.8, 4) is 5.75 Å². The quantitative estimate of drug-likeness (QED) is 0.270. The van der Waals surface area contributed by atoms with Crippen molar-refractivity contribution in [2.45, 2.75) is 63.0 Å². The van der Waals surface area contributed by atoms with Crippen molar-refractivity contribution < 1.29 is 22.7 Å². The zero-order chi connectivity index (χ0) is 30.2. The molecule has 0 unspecified atom stereocenters. The molecule has 0 saturated carbocycles. The van der Waals surface area contributed by atoms with Crippen LogP contribution in [0.2, 0.25) is 0 Å². The van der Waals surface area contributed by atoms with Crippen LogP contribution in [0, 0.1) is 6.92 Å². The van der Waals surface area contributed by atoms with Gasteiger partial charge >= 0.3 is 0 Å². The number of anilines is 1. The number of aryl methyl sites for hydroxylation is 1. The van der Waals surface area contributed by atoms with Gasteiger partial charge in [0.25, 0.3) is 10.0 Å². The molecule has 3 aromatic carbocycles. The van der Waals surface area contributed by atoms with Gasteiger partial charge in [-0.1, -0.05) is 29.8 Å². The van der Waals surface area contributed by atoms with Gasteiger partial charge in [-0.05, 0) is 95.0 Å². The normalized spacial score (nSPS) is 12.1. The van der Waals surface area contributed by atoms with Gasteiger partial charge in [-0.15, -0.1) is 11.8 Å². The summed E-state index contributed by atoms with van der Waals surface area (Å²) in [4.78, 5) is 29.4. The average molecular weight is 598 g/mol. The van der Waals surface area contributed by atoms with E-state index in [-0.39, 0.29) is 23.4 Å². The van der Waals surface area contributed by atoms with Crippen molar-refractivity contribution in [1.29, 1.82) is 0 Å². The van der Waals surface area contributed by atoms with Crippen LogP contribution in [0.5, 0.6) is 5.75 Å². The van der Waals surface area contributed by atoms with Gasteiger partial charge in [0.05, 0.1) is 17.2 Å². The maximum absolute atomic E-state index is 14.0. The molecule has 0 fully saturated rings. The van der Waals surface area contributed by atoms with Crippen LogP contribution in [-0.2, 0) is 26.2 Å². The van der Waals surface area contributed by atoms with Gasteiger partial charge in [0.15, 0.2) is 0 Å². The van der Waals surface area contributed by atoms with Crippen LogP contribution in [0.25, 0.3) is 0 Å². The second-order valence-corrected chi connectivity index (χ2v) is 12.7. The summed E-state index contributed by atoms with van der Waals surface area (Å²) in [6.07, 6.45) is 1.91. The molecule has 0 radical (unpaired) electrons. The Morgan fingerprint density at radius 3 is 2.07 bits per heavy atom. The lowest BCUT2D eigenvalue weighted by Gasteiger charge is -2.32. The Morgan fingerprint density at radius 2 is 1.54 bits per heavy atom. The Balaban J connectivity index is 2.03. The maximum atomic E-state index is 14.0. The highest BCUT2D eigenvalue weighted by Gasteiger charge is 2.32. The average Bonchev–Trinajstić information content (AvgIpc) is 2.95. The SMILES string of the molecule is CCOc1ccc(N(CC(=O)N(Cc2ccc(C)cc2)[C@H](C)C(=O)NC(C)C)S(=O)(=O)c2ccc(SC)cc2)cc1. The van der Waals surface area contributed by atoms with E-state index in [0.717, 1.165) is 20.3 Å². The molecule has 0 saturated heterocycles. The van der Waals surface area contributed by atoms with Crippen LogP contribution in [0.4, 0.5) is 5.69 Å². The fraction of sp³-hybridized carbons (Fsp3) is 0.355. The van der Waals surface area contributed by atoms with Crippen molar-refractivity contribution in [3.63, 3.8) is 0 Å². The van der Waals surface area contributed by atoms with Gasteiger partial charge in [-0.2, -0.15) is 0 Å². The van der Waals surface area contributed by atoms with Crippen molar-refractivity contribution in [2.24, 2.45) is 0 Å². The van der Waals surface area contributed by atoms with Gasteiger partial charge in [-0.25, -0.2) is 8.42 Å². The Kier molecular flexibility index (Phi) is 11.3. The minimum absolute atomic E-state index is 0.0627. The van der Waals surface area contributed by atoms with Crippen LogP contribution in [0.3, 0.4) is 0 Å². The minimum atomic E-state index is -4.14. The lowest BCUT2D eigenvalue weighted by molar-refractivity contribution is -0.139. The van der Waals surface area contributed by atoms with Gasteiger partial charge in [0.2, 0.25) is 11.8 Å². The highest BCUT2D eigenvalue weighted by Crippen LogP contribution is 2.28. The predicted octanol–water partition coefficient (Wildman–Crippen LogP) is 5.25.